The molecule has 0 heterocycles. The number of aliphatic hydroxyl groups excluding tert-OH is 1. The summed E-state index contributed by atoms with van der Waals surface area (Å²) in [5.41, 5.74) is 0.361. The van der Waals surface area contributed by atoms with E-state index >= 15 is 0 Å². The standard InChI is InChI=1S/C16H34N2O/c1-4-10-17-13-16(3,5-2)14-18(11-7-12-19)15-8-6-9-15/h15,17,19H,4-14H2,1-3H3. The normalized spacial score (nSPS) is 19.4. The van der Waals surface area contributed by atoms with Gasteiger partial charge in [0.05, 0.1) is 0 Å². The smallest absolute Gasteiger partial charge is 0.0443 e. The first kappa shape index (κ1) is 16.9. The molecule has 1 aliphatic carbocycles. The third-order valence-electron chi connectivity index (χ3n) is 4.61. The highest BCUT2D eigenvalue weighted by atomic mass is 16.3. The van der Waals surface area contributed by atoms with E-state index in [1.54, 1.807) is 0 Å². The molecule has 1 unspecified atom stereocenters. The van der Waals surface area contributed by atoms with Crippen molar-refractivity contribution in [1.82, 2.24) is 10.2 Å². The van der Waals surface area contributed by atoms with Crippen LogP contribution in [0.15, 0.2) is 0 Å². The summed E-state index contributed by atoms with van der Waals surface area (Å²) < 4.78 is 0. The van der Waals surface area contributed by atoms with Crippen LogP contribution in [-0.4, -0.2) is 48.8 Å². The molecule has 0 aromatic heterocycles. The van der Waals surface area contributed by atoms with Gasteiger partial charge in [-0.1, -0.05) is 27.2 Å². The van der Waals surface area contributed by atoms with Gasteiger partial charge in [0.25, 0.3) is 0 Å². The van der Waals surface area contributed by atoms with Gasteiger partial charge in [-0.2, -0.15) is 0 Å². The fourth-order valence-electron chi connectivity index (χ4n) is 2.77. The molecule has 19 heavy (non-hydrogen) atoms. The Balaban J connectivity index is 2.46. The van der Waals surface area contributed by atoms with Crippen LogP contribution in [0.2, 0.25) is 0 Å². The molecule has 3 heteroatoms. The van der Waals surface area contributed by atoms with Crippen molar-refractivity contribution in [3.63, 3.8) is 0 Å². The summed E-state index contributed by atoms with van der Waals surface area (Å²) >= 11 is 0. The van der Waals surface area contributed by atoms with E-state index in [1.807, 2.05) is 0 Å². The summed E-state index contributed by atoms with van der Waals surface area (Å²) in [7, 11) is 0. The van der Waals surface area contributed by atoms with Crippen LogP contribution in [-0.2, 0) is 0 Å². The molecule has 1 aliphatic rings. The van der Waals surface area contributed by atoms with Crippen molar-refractivity contribution in [3.05, 3.63) is 0 Å². The van der Waals surface area contributed by atoms with Crippen LogP contribution in [0, 0.1) is 5.41 Å². The fourth-order valence-corrected chi connectivity index (χ4v) is 2.77. The van der Waals surface area contributed by atoms with E-state index in [0.29, 0.717) is 12.0 Å². The predicted octanol–water partition coefficient (Wildman–Crippen LogP) is 2.64. The van der Waals surface area contributed by atoms with E-state index in [1.165, 1.54) is 38.6 Å². The minimum absolute atomic E-state index is 0.320. The zero-order chi connectivity index (χ0) is 14.1. The molecule has 0 spiro atoms. The van der Waals surface area contributed by atoms with Gasteiger partial charge in [-0.15, -0.1) is 0 Å². The van der Waals surface area contributed by atoms with Crippen LogP contribution < -0.4 is 5.32 Å². The number of nitrogens with one attached hydrogen (secondary N) is 1. The first-order valence-corrected chi connectivity index (χ1v) is 8.21. The van der Waals surface area contributed by atoms with Gasteiger partial charge in [0.2, 0.25) is 0 Å². The zero-order valence-electron chi connectivity index (χ0n) is 13.2. The molecule has 2 N–H and O–H groups in total. The van der Waals surface area contributed by atoms with E-state index in [4.69, 9.17) is 5.11 Å². The number of hydrogen-bond donors (Lipinski definition) is 2. The lowest BCUT2D eigenvalue weighted by Crippen LogP contribution is -2.49. The Hall–Kier alpha value is -0.120. The predicted molar refractivity (Wildman–Crippen MR) is 82.5 cm³/mol. The third kappa shape index (κ3) is 5.80. The summed E-state index contributed by atoms with van der Waals surface area (Å²) in [6.45, 7) is 11.7. The van der Waals surface area contributed by atoms with Gasteiger partial charge in [0.15, 0.2) is 0 Å². The Kier molecular flexibility index (Phi) is 7.96. The van der Waals surface area contributed by atoms with Crippen LogP contribution in [0.5, 0.6) is 0 Å². The van der Waals surface area contributed by atoms with Gasteiger partial charge in [-0.3, -0.25) is 4.90 Å². The van der Waals surface area contributed by atoms with Gasteiger partial charge in [0.1, 0.15) is 0 Å². The number of rotatable bonds is 11. The molecule has 1 saturated carbocycles. The minimum Gasteiger partial charge on any atom is -0.396 e. The van der Waals surface area contributed by atoms with Crippen LogP contribution in [0.3, 0.4) is 0 Å². The Morgan fingerprint density at radius 2 is 2.05 bits per heavy atom. The summed E-state index contributed by atoms with van der Waals surface area (Å²) in [4.78, 5) is 2.64. The highest BCUT2D eigenvalue weighted by Crippen LogP contribution is 2.30. The molecule has 0 aromatic carbocycles. The molecule has 0 amide bonds. The number of nitrogens with zero attached hydrogens (tertiary/aromatic N) is 1. The first-order chi connectivity index (χ1) is 9.15. The molecule has 0 radical (unpaired) electrons. The Morgan fingerprint density at radius 3 is 2.53 bits per heavy atom. The summed E-state index contributed by atoms with van der Waals surface area (Å²) in [6.07, 6.45) is 7.43. The van der Waals surface area contributed by atoms with Crippen molar-refractivity contribution in [2.75, 3.05) is 32.8 Å². The van der Waals surface area contributed by atoms with Gasteiger partial charge in [-0.25, -0.2) is 0 Å². The molecule has 0 saturated heterocycles. The second-order valence-corrected chi connectivity index (χ2v) is 6.47. The number of hydrogen-bond acceptors (Lipinski definition) is 3. The molecule has 1 atom stereocenters. The minimum atomic E-state index is 0.320. The average molecular weight is 270 g/mol. The molecule has 0 bridgehead atoms. The highest BCUT2D eigenvalue weighted by Gasteiger charge is 2.31. The Morgan fingerprint density at radius 1 is 1.32 bits per heavy atom. The Bertz CT molecular complexity index is 231. The van der Waals surface area contributed by atoms with Crippen molar-refractivity contribution in [1.29, 1.82) is 0 Å². The summed E-state index contributed by atoms with van der Waals surface area (Å²) in [5.74, 6) is 0. The molecule has 3 nitrogen and oxygen atoms in total. The number of aliphatic hydroxyl groups is 1. The van der Waals surface area contributed by atoms with Crippen molar-refractivity contribution >= 4 is 0 Å². The SMILES string of the molecule is CCCNCC(C)(CC)CN(CCCO)C1CCC1. The van der Waals surface area contributed by atoms with E-state index in [9.17, 15) is 0 Å². The highest BCUT2D eigenvalue weighted by molar-refractivity contribution is 4.86. The second-order valence-electron chi connectivity index (χ2n) is 6.47. The monoisotopic (exact) mass is 270 g/mol. The molecule has 0 aliphatic heterocycles. The maximum atomic E-state index is 9.08. The van der Waals surface area contributed by atoms with Crippen molar-refractivity contribution in [2.45, 2.75) is 65.3 Å². The van der Waals surface area contributed by atoms with E-state index in [0.717, 1.165) is 32.1 Å². The van der Waals surface area contributed by atoms with E-state index in [-0.39, 0.29) is 0 Å². The quantitative estimate of drug-likeness (QED) is 0.567. The molecule has 1 rings (SSSR count). The zero-order valence-corrected chi connectivity index (χ0v) is 13.2. The van der Waals surface area contributed by atoms with Crippen LogP contribution in [0.1, 0.15) is 59.3 Å². The third-order valence-corrected chi connectivity index (χ3v) is 4.61. The van der Waals surface area contributed by atoms with Gasteiger partial charge in [-0.05, 0) is 44.1 Å². The summed E-state index contributed by atoms with van der Waals surface area (Å²) in [5, 5.41) is 12.7. The average Bonchev–Trinajstić information content (AvgIpc) is 2.34. The largest absolute Gasteiger partial charge is 0.396 e. The Labute approximate surface area is 119 Å². The molecule has 0 aromatic rings. The molecular weight excluding hydrogens is 236 g/mol. The molecular formula is C16H34N2O. The first-order valence-electron chi connectivity index (χ1n) is 8.21. The second kappa shape index (κ2) is 8.93. The van der Waals surface area contributed by atoms with Gasteiger partial charge < -0.3 is 10.4 Å². The van der Waals surface area contributed by atoms with Crippen LogP contribution in [0.4, 0.5) is 0 Å². The molecule has 1 fully saturated rings. The lowest BCUT2D eigenvalue weighted by atomic mass is 9.83. The van der Waals surface area contributed by atoms with Crippen molar-refractivity contribution in [3.8, 4) is 0 Å². The van der Waals surface area contributed by atoms with E-state index < -0.39 is 0 Å². The van der Waals surface area contributed by atoms with E-state index in [2.05, 4.69) is 31.0 Å². The lowest BCUT2D eigenvalue weighted by molar-refractivity contribution is 0.0666. The maximum absolute atomic E-state index is 9.08. The van der Waals surface area contributed by atoms with Crippen LogP contribution >= 0.6 is 0 Å². The molecule has 114 valence electrons. The van der Waals surface area contributed by atoms with Gasteiger partial charge in [0, 0.05) is 32.3 Å². The van der Waals surface area contributed by atoms with Crippen molar-refractivity contribution in [2.24, 2.45) is 5.41 Å². The summed E-state index contributed by atoms with van der Waals surface area (Å²) in [6, 6.07) is 0.781. The lowest BCUT2D eigenvalue weighted by Gasteiger charge is -2.43. The van der Waals surface area contributed by atoms with Crippen molar-refractivity contribution < 1.29 is 5.11 Å². The van der Waals surface area contributed by atoms with Gasteiger partial charge >= 0.3 is 0 Å². The van der Waals surface area contributed by atoms with Crippen LogP contribution in [0.25, 0.3) is 0 Å². The fraction of sp³-hybridized carbons (Fsp3) is 1.00. The topological polar surface area (TPSA) is 35.5 Å². The maximum Gasteiger partial charge on any atom is 0.0443 e.